The maximum Gasteiger partial charge on any atom is 0.264 e. The lowest BCUT2D eigenvalue weighted by atomic mass is 9.88. The van der Waals surface area contributed by atoms with Crippen LogP contribution in [0.15, 0.2) is 72.8 Å². The van der Waals surface area contributed by atoms with Gasteiger partial charge in [0.05, 0.1) is 12.1 Å². The van der Waals surface area contributed by atoms with Crippen molar-refractivity contribution in [1.29, 1.82) is 0 Å². The van der Waals surface area contributed by atoms with Gasteiger partial charge in [0.2, 0.25) is 0 Å². The third-order valence-electron chi connectivity index (χ3n) is 5.41. The van der Waals surface area contributed by atoms with Gasteiger partial charge in [0, 0.05) is 28.4 Å². The molecule has 0 saturated carbocycles. The van der Waals surface area contributed by atoms with E-state index in [4.69, 9.17) is 17.3 Å². The van der Waals surface area contributed by atoms with Crippen LogP contribution >= 0.6 is 11.6 Å². The number of hydrogen-bond acceptors (Lipinski definition) is 4. The highest BCUT2D eigenvalue weighted by molar-refractivity contribution is 6.31. The number of anilines is 2. The molecule has 1 aliphatic rings. The lowest BCUT2D eigenvalue weighted by molar-refractivity contribution is -0.135. The number of nitrogens with zero attached hydrogens (tertiary/aromatic N) is 1. The van der Waals surface area contributed by atoms with Crippen molar-refractivity contribution in [3.05, 3.63) is 94.5 Å². The summed E-state index contributed by atoms with van der Waals surface area (Å²) in [6, 6.07) is 21.2. The summed E-state index contributed by atoms with van der Waals surface area (Å²) in [6.45, 7) is 0.385. The Kier molecular flexibility index (Phi) is 5.33. The van der Waals surface area contributed by atoms with Crippen molar-refractivity contribution < 1.29 is 14.7 Å². The SMILES string of the molecule is Nc1ccc(C(=O)C[C@@]2(O)C(=O)N(CCc3ccccc3)c3ccc(Cl)cc32)cc1. The van der Waals surface area contributed by atoms with E-state index < -0.39 is 11.5 Å². The number of rotatable bonds is 6. The number of ketones is 1. The van der Waals surface area contributed by atoms with Gasteiger partial charge in [0.15, 0.2) is 11.4 Å². The highest BCUT2D eigenvalue weighted by Gasteiger charge is 2.50. The van der Waals surface area contributed by atoms with Gasteiger partial charge >= 0.3 is 0 Å². The lowest BCUT2D eigenvalue weighted by Gasteiger charge is -2.23. The van der Waals surface area contributed by atoms with E-state index in [2.05, 4.69) is 0 Å². The van der Waals surface area contributed by atoms with Crippen molar-refractivity contribution in [3.63, 3.8) is 0 Å². The summed E-state index contributed by atoms with van der Waals surface area (Å²) < 4.78 is 0. The first-order valence-corrected chi connectivity index (χ1v) is 10.0. The molecule has 1 atom stereocenters. The Morgan fingerprint density at radius 3 is 2.43 bits per heavy atom. The van der Waals surface area contributed by atoms with Crippen molar-refractivity contribution in [2.24, 2.45) is 0 Å². The standard InChI is InChI=1S/C24H21ClN2O3/c25-18-8-11-21-20(14-18)24(30,15-22(28)17-6-9-19(26)10-7-17)23(29)27(21)13-12-16-4-2-1-3-5-16/h1-11,14,30H,12-13,15,26H2/t24-/m0/s1. The highest BCUT2D eigenvalue weighted by atomic mass is 35.5. The molecule has 152 valence electrons. The van der Waals surface area contributed by atoms with E-state index in [1.54, 1.807) is 42.5 Å². The van der Waals surface area contributed by atoms with Crippen molar-refractivity contribution in [2.45, 2.75) is 18.4 Å². The zero-order chi connectivity index (χ0) is 21.3. The summed E-state index contributed by atoms with van der Waals surface area (Å²) in [6.07, 6.45) is 0.252. The van der Waals surface area contributed by atoms with Crippen LogP contribution in [-0.4, -0.2) is 23.3 Å². The molecule has 0 radical (unpaired) electrons. The molecule has 30 heavy (non-hydrogen) atoms. The van der Waals surface area contributed by atoms with Crippen molar-refractivity contribution in [3.8, 4) is 0 Å². The van der Waals surface area contributed by atoms with Gasteiger partial charge in [0.1, 0.15) is 0 Å². The number of carbonyl (C=O) groups excluding carboxylic acids is 2. The first-order chi connectivity index (χ1) is 14.4. The Bertz CT molecular complexity index is 1100. The second-order valence-electron chi connectivity index (χ2n) is 7.44. The topological polar surface area (TPSA) is 83.6 Å². The minimum absolute atomic E-state index is 0.346. The predicted octanol–water partition coefficient (Wildman–Crippen LogP) is 3.97. The molecule has 4 rings (SSSR count). The number of halogens is 1. The summed E-state index contributed by atoms with van der Waals surface area (Å²) in [5, 5.41) is 11.8. The maximum absolute atomic E-state index is 13.3. The molecule has 5 nitrogen and oxygen atoms in total. The summed E-state index contributed by atoms with van der Waals surface area (Å²) in [5.41, 5.74) is 6.65. The van der Waals surface area contributed by atoms with Gasteiger partial charge in [-0.1, -0.05) is 41.9 Å². The number of nitrogen functional groups attached to an aromatic ring is 1. The number of fused-ring (bicyclic) bond motifs is 1. The van der Waals surface area contributed by atoms with E-state index in [1.807, 2.05) is 30.3 Å². The Hall–Kier alpha value is -3.15. The molecule has 0 fully saturated rings. The van der Waals surface area contributed by atoms with E-state index >= 15 is 0 Å². The van der Waals surface area contributed by atoms with Gasteiger partial charge in [-0.05, 0) is 54.4 Å². The van der Waals surface area contributed by atoms with E-state index in [0.717, 1.165) is 5.56 Å². The predicted molar refractivity (Wildman–Crippen MR) is 118 cm³/mol. The summed E-state index contributed by atoms with van der Waals surface area (Å²) >= 11 is 6.15. The number of benzene rings is 3. The zero-order valence-electron chi connectivity index (χ0n) is 16.2. The number of hydrogen-bond donors (Lipinski definition) is 2. The maximum atomic E-state index is 13.3. The Labute approximate surface area is 179 Å². The van der Waals surface area contributed by atoms with Crippen LogP contribution in [0.25, 0.3) is 0 Å². The first kappa shape index (κ1) is 20.1. The molecule has 3 N–H and O–H groups in total. The molecule has 1 heterocycles. The molecule has 0 unspecified atom stereocenters. The van der Waals surface area contributed by atoms with Gasteiger partial charge in [-0.3, -0.25) is 9.59 Å². The summed E-state index contributed by atoms with van der Waals surface area (Å²) in [5.74, 6) is -0.860. The molecule has 0 aliphatic carbocycles. The average molecular weight is 421 g/mol. The van der Waals surface area contributed by atoms with E-state index in [1.165, 1.54) is 4.90 Å². The summed E-state index contributed by atoms with van der Waals surface area (Å²) in [4.78, 5) is 27.7. The van der Waals surface area contributed by atoms with Crippen LogP contribution < -0.4 is 10.6 Å². The Morgan fingerprint density at radius 1 is 1.03 bits per heavy atom. The molecule has 0 spiro atoms. The fourth-order valence-electron chi connectivity index (χ4n) is 3.80. The fraction of sp³-hybridized carbons (Fsp3) is 0.167. The number of nitrogens with two attached hydrogens (primary N) is 1. The third kappa shape index (κ3) is 3.70. The number of Topliss-reactive ketones (excluding diaryl/α,β-unsaturated/α-hetero) is 1. The second-order valence-corrected chi connectivity index (χ2v) is 7.87. The molecule has 1 aliphatic heterocycles. The van der Waals surface area contributed by atoms with Gasteiger partial charge in [-0.2, -0.15) is 0 Å². The molecule has 1 amide bonds. The van der Waals surface area contributed by atoms with E-state index in [0.29, 0.717) is 40.5 Å². The number of aliphatic hydroxyl groups is 1. The molecule has 0 aromatic heterocycles. The number of carbonyl (C=O) groups is 2. The minimum Gasteiger partial charge on any atom is -0.399 e. The van der Waals surface area contributed by atoms with Gasteiger partial charge in [-0.25, -0.2) is 0 Å². The van der Waals surface area contributed by atoms with Crippen LogP contribution in [-0.2, 0) is 16.8 Å². The van der Waals surface area contributed by atoms with E-state index in [9.17, 15) is 14.7 Å². The molecule has 3 aromatic carbocycles. The molecule has 3 aromatic rings. The van der Waals surface area contributed by atoms with Crippen LogP contribution in [0, 0.1) is 0 Å². The highest BCUT2D eigenvalue weighted by Crippen LogP contribution is 2.44. The largest absolute Gasteiger partial charge is 0.399 e. The molecular weight excluding hydrogens is 400 g/mol. The van der Waals surface area contributed by atoms with Gasteiger partial charge < -0.3 is 15.7 Å². The van der Waals surface area contributed by atoms with Crippen molar-refractivity contribution in [1.82, 2.24) is 0 Å². The minimum atomic E-state index is -1.96. The monoisotopic (exact) mass is 420 g/mol. The van der Waals surface area contributed by atoms with Gasteiger partial charge in [-0.15, -0.1) is 0 Å². The lowest BCUT2D eigenvalue weighted by Crippen LogP contribution is -2.42. The first-order valence-electron chi connectivity index (χ1n) is 9.65. The zero-order valence-corrected chi connectivity index (χ0v) is 17.0. The van der Waals surface area contributed by atoms with Crippen LogP contribution in [0.5, 0.6) is 0 Å². The Balaban J connectivity index is 1.64. The van der Waals surface area contributed by atoms with Crippen LogP contribution in [0.4, 0.5) is 11.4 Å². The summed E-state index contributed by atoms with van der Waals surface area (Å²) in [7, 11) is 0. The van der Waals surface area contributed by atoms with Crippen molar-refractivity contribution in [2.75, 3.05) is 17.2 Å². The molecule has 0 bridgehead atoms. The van der Waals surface area contributed by atoms with Crippen LogP contribution in [0.3, 0.4) is 0 Å². The van der Waals surface area contributed by atoms with E-state index in [-0.39, 0.29) is 12.2 Å². The molecular formula is C24H21ClN2O3. The molecule has 0 saturated heterocycles. The quantitative estimate of drug-likeness (QED) is 0.467. The van der Waals surface area contributed by atoms with Crippen molar-refractivity contribution >= 4 is 34.7 Å². The van der Waals surface area contributed by atoms with Gasteiger partial charge in [0.25, 0.3) is 5.91 Å². The smallest absolute Gasteiger partial charge is 0.264 e. The Morgan fingerprint density at radius 2 is 1.73 bits per heavy atom. The average Bonchev–Trinajstić information content (AvgIpc) is 2.94. The second kappa shape index (κ2) is 7.94. The fourth-order valence-corrected chi connectivity index (χ4v) is 3.98. The van der Waals surface area contributed by atoms with Crippen LogP contribution in [0.2, 0.25) is 5.02 Å². The number of amides is 1. The van der Waals surface area contributed by atoms with Crippen LogP contribution in [0.1, 0.15) is 27.9 Å². The molecule has 6 heteroatoms. The third-order valence-corrected chi connectivity index (χ3v) is 5.64. The normalized spacial score (nSPS) is 17.8.